The summed E-state index contributed by atoms with van der Waals surface area (Å²) in [5, 5.41) is 0. The molecular weight excluding hydrogens is 107 g/mol. The van der Waals surface area contributed by atoms with E-state index >= 15 is 0 Å². The van der Waals surface area contributed by atoms with E-state index in [1.807, 2.05) is 0 Å². The summed E-state index contributed by atoms with van der Waals surface area (Å²) in [7, 11) is -2.06. The fourth-order valence-corrected chi connectivity index (χ4v) is 0.386. The molecule has 0 bridgehead atoms. The molecule has 1 aliphatic heterocycles. The van der Waals surface area contributed by atoms with E-state index < -0.39 is 14.4 Å². The third-order valence-electron chi connectivity index (χ3n) is 0.298. The van der Waals surface area contributed by atoms with Gasteiger partial charge >= 0.3 is 14.4 Å². The predicted molar refractivity (Wildman–Crippen MR) is 15.2 cm³/mol. The van der Waals surface area contributed by atoms with Crippen LogP contribution in [0, 0.1) is 0 Å². The molecule has 0 aromatic rings. The standard InChI is InChI=1S/CO4P/c2-1-4-6(3)5-1/q+1. The normalized spacial score (nSPS) is 18.0. The Balaban J connectivity index is 2.47. The highest BCUT2D eigenvalue weighted by Crippen LogP contribution is 2.35. The number of carbonyl (C=O) groups is 1. The van der Waals surface area contributed by atoms with E-state index in [2.05, 4.69) is 9.05 Å². The van der Waals surface area contributed by atoms with Crippen LogP contribution in [0.15, 0.2) is 0 Å². The molecule has 0 unspecified atom stereocenters. The molecule has 0 atom stereocenters. The number of rotatable bonds is 0. The van der Waals surface area contributed by atoms with E-state index in [1.165, 1.54) is 0 Å². The molecule has 1 fully saturated rings. The summed E-state index contributed by atoms with van der Waals surface area (Å²) in [4.78, 5) is 9.48. The highest BCUT2D eigenvalue weighted by Gasteiger charge is 2.46. The van der Waals surface area contributed by atoms with Crippen LogP contribution in [-0.2, 0) is 13.6 Å². The SMILES string of the molecule is O=C1O[P+](=O)O1. The highest BCUT2D eigenvalue weighted by atomic mass is 31.1. The van der Waals surface area contributed by atoms with Crippen molar-refractivity contribution in [3.05, 3.63) is 0 Å². The van der Waals surface area contributed by atoms with Crippen LogP contribution in [0.2, 0.25) is 0 Å². The van der Waals surface area contributed by atoms with Crippen molar-refractivity contribution in [1.82, 2.24) is 0 Å². The first-order valence-electron chi connectivity index (χ1n) is 1.16. The molecule has 0 N–H and O–H groups in total. The van der Waals surface area contributed by atoms with Gasteiger partial charge < -0.3 is 0 Å². The zero-order chi connectivity index (χ0) is 4.57. The minimum Gasteiger partial charge on any atom is -0.196 e. The van der Waals surface area contributed by atoms with Gasteiger partial charge in [-0.15, -0.1) is 9.05 Å². The second-order valence-corrected chi connectivity index (χ2v) is 1.47. The summed E-state index contributed by atoms with van der Waals surface area (Å²) in [5.74, 6) is 0. The predicted octanol–water partition coefficient (Wildman–Crippen LogP) is 0.811. The van der Waals surface area contributed by atoms with E-state index in [1.54, 1.807) is 0 Å². The molecule has 4 nitrogen and oxygen atoms in total. The van der Waals surface area contributed by atoms with Crippen molar-refractivity contribution in [2.24, 2.45) is 0 Å². The van der Waals surface area contributed by atoms with E-state index in [0.29, 0.717) is 0 Å². The van der Waals surface area contributed by atoms with Crippen LogP contribution in [0.4, 0.5) is 4.79 Å². The molecular formula is CO4P+. The smallest absolute Gasteiger partial charge is 0.196 e. The lowest BCUT2D eigenvalue weighted by atomic mass is 11.5. The summed E-state index contributed by atoms with van der Waals surface area (Å²) in [6.45, 7) is 0. The van der Waals surface area contributed by atoms with Crippen molar-refractivity contribution in [3.8, 4) is 0 Å². The monoisotopic (exact) mass is 107 g/mol. The van der Waals surface area contributed by atoms with Crippen LogP contribution >= 0.6 is 8.25 Å². The molecule has 1 heterocycles. The van der Waals surface area contributed by atoms with Gasteiger partial charge in [0.05, 0.1) is 0 Å². The average Bonchev–Trinajstić information content (AvgIpc) is 1.33. The van der Waals surface area contributed by atoms with Crippen molar-refractivity contribution in [1.29, 1.82) is 0 Å². The highest BCUT2D eigenvalue weighted by molar-refractivity contribution is 7.37. The lowest BCUT2D eigenvalue weighted by molar-refractivity contribution is 0.110. The first kappa shape index (κ1) is 3.56. The second-order valence-electron chi connectivity index (χ2n) is 0.656. The molecule has 0 aromatic carbocycles. The number of carbonyl (C=O) groups excluding carboxylic acids is 1. The number of hydrogen-bond acceptors (Lipinski definition) is 4. The quantitative estimate of drug-likeness (QED) is 0.430. The lowest BCUT2D eigenvalue weighted by Gasteiger charge is -1.87. The third-order valence-corrected chi connectivity index (χ3v) is 0.894. The molecule has 0 radical (unpaired) electrons. The van der Waals surface area contributed by atoms with Gasteiger partial charge in [-0.3, -0.25) is 0 Å². The topological polar surface area (TPSA) is 52.6 Å². The first-order chi connectivity index (χ1) is 2.79. The van der Waals surface area contributed by atoms with Gasteiger partial charge in [0.2, 0.25) is 0 Å². The van der Waals surface area contributed by atoms with Gasteiger partial charge in [-0.25, -0.2) is 0 Å². The van der Waals surface area contributed by atoms with Crippen molar-refractivity contribution >= 4 is 14.4 Å². The molecule has 1 saturated heterocycles. The molecule has 32 valence electrons. The molecule has 5 heteroatoms. The molecule has 0 spiro atoms. The molecule has 1 aliphatic rings. The van der Waals surface area contributed by atoms with E-state index in [4.69, 9.17) is 0 Å². The van der Waals surface area contributed by atoms with Crippen molar-refractivity contribution in [3.63, 3.8) is 0 Å². The summed E-state index contributed by atoms with van der Waals surface area (Å²) in [6, 6.07) is 0. The Hall–Kier alpha value is -0.630. The Morgan fingerprint density at radius 2 is 2.00 bits per heavy atom. The maximum absolute atomic E-state index is 9.59. The molecule has 0 aromatic heterocycles. The number of hydrogen-bond donors (Lipinski definition) is 0. The van der Waals surface area contributed by atoms with Crippen LogP contribution in [0.25, 0.3) is 0 Å². The van der Waals surface area contributed by atoms with Crippen molar-refractivity contribution in [2.45, 2.75) is 0 Å². The summed E-state index contributed by atoms with van der Waals surface area (Å²) >= 11 is 0. The van der Waals surface area contributed by atoms with Crippen molar-refractivity contribution < 1.29 is 18.4 Å². The third kappa shape index (κ3) is 0.348. The molecule has 0 amide bonds. The fraction of sp³-hybridized carbons (Fsp3) is 0. The Morgan fingerprint density at radius 3 is 2.00 bits per heavy atom. The average molecular weight is 107 g/mol. The summed E-state index contributed by atoms with van der Waals surface area (Å²) < 4.78 is 17.2. The van der Waals surface area contributed by atoms with Crippen LogP contribution < -0.4 is 0 Å². The second kappa shape index (κ2) is 0.914. The van der Waals surface area contributed by atoms with Gasteiger partial charge in [0.25, 0.3) is 0 Å². The van der Waals surface area contributed by atoms with Gasteiger partial charge in [-0.05, 0) is 0 Å². The largest absolute Gasteiger partial charge is 0.818 e. The van der Waals surface area contributed by atoms with Crippen LogP contribution in [0.1, 0.15) is 0 Å². The van der Waals surface area contributed by atoms with Gasteiger partial charge in [0.1, 0.15) is 0 Å². The first-order valence-corrected chi connectivity index (χ1v) is 2.26. The molecule has 0 aliphatic carbocycles. The van der Waals surface area contributed by atoms with Gasteiger partial charge in [-0.2, -0.15) is 4.79 Å². The van der Waals surface area contributed by atoms with Gasteiger partial charge in [0, 0.05) is 4.57 Å². The molecule has 6 heavy (non-hydrogen) atoms. The molecule has 0 saturated carbocycles. The van der Waals surface area contributed by atoms with Crippen molar-refractivity contribution in [2.75, 3.05) is 0 Å². The fourth-order valence-electron chi connectivity index (χ4n) is 0.129. The zero-order valence-corrected chi connectivity index (χ0v) is 3.47. The van der Waals surface area contributed by atoms with E-state index in [-0.39, 0.29) is 0 Å². The minimum atomic E-state index is -2.06. The lowest BCUT2D eigenvalue weighted by Crippen LogP contribution is -2.07. The van der Waals surface area contributed by atoms with Gasteiger partial charge in [-0.1, -0.05) is 0 Å². The van der Waals surface area contributed by atoms with Crippen LogP contribution in [0.3, 0.4) is 0 Å². The van der Waals surface area contributed by atoms with Gasteiger partial charge in [0.15, 0.2) is 0 Å². The van der Waals surface area contributed by atoms with Crippen LogP contribution in [-0.4, -0.2) is 6.16 Å². The maximum atomic E-state index is 9.59. The Bertz CT molecular complexity index is 84.1. The Kier molecular flexibility index (Phi) is 0.542. The van der Waals surface area contributed by atoms with Crippen LogP contribution in [0.5, 0.6) is 0 Å². The minimum absolute atomic E-state index is 0.851. The van der Waals surface area contributed by atoms with E-state index in [0.717, 1.165) is 0 Å². The molecule has 1 rings (SSSR count). The summed E-state index contributed by atoms with van der Waals surface area (Å²) in [6.07, 6.45) is -0.851. The Morgan fingerprint density at radius 1 is 1.50 bits per heavy atom. The van der Waals surface area contributed by atoms with E-state index in [9.17, 15) is 9.36 Å². The summed E-state index contributed by atoms with van der Waals surface area (Å²) in [5.41, 5.74) is 0. The zero-order valence-electron chi connectivity index (χ0n) is 2.58. The Labute approximate surface area is 34.0 Å². The maximum Gasteiger partial charge on any atom is 0.818 e.